The molecule has 0 aliphatic rings. The number of carbonyl (C=O) groups is 2. The van der Waals surface area contributed by atoms with Crippen LogP contribution in [0.2, 0.25) is 0 Å². The second kappa shape index (κ2) is 8.78. The van der Waals surface area contributed by atoms with Gasteiger partial charge in [-0.05, 0) is 61.4 Å². The molecule has 0 saturated carbocycles. The smallest absolute Gasteiger partial charge is 0.247 e. The van der Waals surface area contributed by atoms with Crippen LogP contribution in [0.1, 0.15) is 28.6 Å². The van der Waals surface area contributed by atoms with Crippen LogP contribution in [-0.2, 0) is 9.59 Å². The van der Waals surface area contributed by atoms with Gasteiger partial charge in [0.25, 0.3) is 0 Å². The van der Waals surface area contributed by atoms with Gasteiger partial charge in [-0.1, -0.05) is 30.3 Å². The topological polar surface area (TPSA) is 68.3 Å². The number of hydrogen-bond donors (Lipinski definition) is 1. The maximum Gasteiger partial charge on any atom is 0.247 e. The minimum atomic E-state index is -1.06. The van der Waals surface area contributed by atoms with Gasteiger partial charge < -0.3 is 15.2 Å². The van der Waals surface area contributed by atoms with Crippen LogP contribution in [0, 0.1) is 19.7 Å². The number of nitrogens with two attached hydrogens (primary N) is 1. The van der Waals surface area contributed by atoms with E-state index in [2.05, 4.69) is 4.57 Å². The van der Waals surface area contributed by atoms with Crippen molar-refractivity contribution >= 4 is 17.9 Å². The van der Waals surface area contributed by atoms with Crippen LogP contribution in [0.3, 0.4) is 0 Å². The predicted molar refractivity (Wildman–Crippen MR) is 115 cm³/mol. The van der Waals surface area contributed by atoms with E-state index in [0.717, 1.165) is 22.6 Å². The monoisotopic (exact) mass is 405 g/mol. The van der Waals surface area contributed by atoms with Gasteiger partial charge in [-0.3, -0.25) is 9.59 Å². The van der Waals surface area contributed by atoms with Gasteiger partial charge in [0.1, 0.15) is 11.9 Å². The molecule has 6 heteroatoms. The van der Waals surface area contributed by atoms with Crippen molar-refractivity contribution in [2.24, 2.45) is 5.73 Å². The number of halogens is 1. The fourth-order valence-corrected chi connectivity index (χ4v) is 3.59. The zero-order chi connectivity index (χ0) is 21.8. The summed E-state index contributed by atoms with van der Waals surface area (Å²) in [4.78, 5) is 25.9. The van der Waals surface area contributed by atoms with Crippen LogP contribution in [0.4, 0.5) is 4.39 Å². The highest BCUT2D eigenvalue weighted by molar-refractivity contribution is 5.95. The molecule has 2 aromatic carbocycles. The largest absolute Gasteiger partial charge is 0.368 e. The van der Waals surface area contributed by atoms with Gasteiger partial charge in [-0.2, -0.15) is 0 Å². The fraction of sp³-hybridized carbons (Fsp3) is 0.167. The van der Waals surface area contributed by atoms with Gasteiger partial charge in [0, 0.05) is 30.2 Å². The Bertz CT molecular complexity index is 1100. The number of likely N-dealkylation sites (N-methyl/N-ethyl adjacent to an activating group) is 1. The van der Waals surface area contributed by atoms with Crippen molar-refractivity contribution in [1.82, 2.24) is 9.47 Å². The third-order valence-electron chi connectivity index (χ3n) is 5.06. The van der Waals surface area contributed by atoms with Gasteiger partial charge in [0.15, 0.2) is 0 Å². The van der Waals surface area contributed by atoms with Crippen molar-refractivity contribution in [3.63, 3.8) is 0 Å². The third-order valence-corrected chi connectivity index (χ3v) is 5.06. The zero-order valence-corrected chi connectivity index (χ0v) is 17.2. The van der Waals surface area contributed by atoms with Crippen LogP contribution < -0.4 is 5.73 Å². The first-order valence-electron chi connectivity index (χ1n) is 9.53. The Morgan fingerprint density at radius 2 is 1.77 bits per heavy atom. The van der Waals surface area contributed by atoms with Gasteiger partial charge in [-0.15, -0.1) is 0 Å². The summed E-state index contributed by atoms with van der Waals surface area (Å²) in [5, 5.41) is 0. The minimum absolute atomic E-state index is 0.328. The Kier molecular flexibility index (Phi) is 6.16. The van der Waals surface area contributed by atoms with Gasteiger partial charge in [-0.25, -0.2) is 4.39 Å². The lowest BCUT2D eigenvalue weighted by molar-refractivity contribution is -0.134. The van der Waals surface area contributed by atoms with Gasteiger partial charge >= 0.3 is 0 Å². The molecule has 0 fully saturated rings. The Hall–Kier alpha value is -3.67. The first-order chi connectivity index (χ1) is 14.3. The van der Waals surface area contributed by atoms with Crippen LogP contribution >= 0.6 is 0 Å². The molecule has 0 radical (unpaired) electrons. The number of aromatic nitrogens is 1. The average molecular weight is 405 g/mol. The molecule has 1 atom stereocenters. The van der Waals surface area contributed by atoms with E-state index in [0.29, 0.717) is 5.56 Å². The standard InChI is InChI=1S/C24H24FN3O2/c1-16-14-18(17(2)28(16)21-10-5-4-6-11-21)12-13-22(29)27(3)23(24(26)30)19-8-7-9-20(25)15-19/h4-15,23H,1-3H3,(H2,26,30)/b13-12+. The zero-order valence-electron chi connectivity index (χ0n) is 17.2. The number of para-hydroxylation sites is 1. The van der Waals surface area contributed by atoms with Crippen molar-refractivity contribution in [2.75, 3.05) is 7.05 Å². The number of aryl methyl sites for hydroxylation is 1. The van der Waals surface area contributed by atoms with Gasteiger partial charge in [0.2, 0.25) is 11.8 Å². The van der Waals surface area contributed by atoms with Crippen LogP contribution in [0.5, 0.6) is 0 Å². The number of amides is 2. The summed E-state index contributed by atoms with van der Waals surface area (Å²) in [6.45, 7) is 3.98. The van der Waals surface area contributed by atoms with E-state index < -0.39 is 23.7 Å². The normalized spacial score (nSPS) is 12.1. The maximum atomic E-state index is 13.6. The molecule has 1 aromatic heterocycles. The highest BCUT2D eigenvalue weighted by Gasteiger charge is 2.26. The molecule has 2 amide bonds. The van der Waals surface area contributed by atoms with E-state index in [4.69, 9.17) is 5.73 Å². The molecular weight excluding hydrogens is 381 g/mol. The Morgan fingerprint density at radius 3 is 2.40 bits per heavy atom. The molecule has 0 bridgehead atoms. The molecule has 1 heterocycles. The summed E-state index contributed by atoms with van der Waals surface area (Å²) in [6, 6.07) is 16.4. The molecule has 154 valence electrons. The number of primary amides is 1. The Morgan fingerprint density at radius 1 is 1.07 bits per heavy atom. The van der Waals surface area contributed by atoms with E-state index in [9.17, 15) is 14.0 Å². The number of benzene rings is 2. The molecule has 3 aromatic rings. The van der Waals surface area contributed by atoms with E-state index in [1.165, 1.54) is 36.2 Å². The van der Waals surface area contributed by atoms with Crippen LogP contribution in [0.25, 0.3) is 11.8 Å². The summed E-state index contributed by atoms with van der Waals surface area (Å²) in [5.74, 6) is -1.64. The maximum absolute atomic E-state index is 13.6. The highest BCUT2D eigenvalue weighted by atomic mass is 19.1. The lowest BCUT2D eigenvalue weighted by atomic mass is 10.0. The van der Waals surface area contributed by atoms with Crippen molar-refractivity contribution in [3.05, 3.63) is 95.1 Å². The molecule has 1 unspecified atom stereocenters. The molecule has 0 aliphatic carbocycles. The summed E-state index contributed by atoms with van der Waals surface area (Å²) in [7, 11) is 1.47. The van der Waals surface area contributed by atoms with Gasteiger partial charge in [0.05, 0.1) is 0 Å². The summed E-state index contributed by atoms with van der Waals surface area (Å²) in [5.41, 5.74) is 9.77. The molecule has 0 saturated heterocycles. The number of rotatable bonds is 6. The number of nitrogens with zero attached hydrogens (tertiary/aromatic N) is 2. The summed E-state index contributed by atoms with van der Waals surface area (Å²) < 4.78 is 15.7. The average Bonchev–Trinajstić information content (AvgIpc) is 2.99. The van der Waals surface area contributed by atoms with Crippen LogP contribution in [-0.4, -0.2) is 28.3 Å². The highest BCUT2D eigenvalue weighted by Crippen LogP contribution is 2.23. The molecular formula is C24H24FN3O2. The van der Waals surface area contributed by atoms with Crippen molar-refractivity contribution < 1.29 is 14.0 Å². The van der Waals surface area contributed by atoms with Crippen molar-refractivity contribution in [1.29, 1.82) is 0 Å². The SMILES string of the molecule is Cc1cc(/C=C/C(=O)N(C)C(C(N)=O)c2cccc(F)c2)c(C)n1-c1ccccc1. The van der Waals surface area contributed by atoms with E-state index in [1.54, 1.807) is 12.1 Å². The lowest BCUT2D eigenvalue weighted by Gasteiger charge is -2.25. The minimum Gasteiger partial charge on any atom is -0.368 e. The first kappa shape index (κ1) is 21.0. The lowest BCUT2D eigenvalue weighted by Crippen LogP contribution is -2.38. The van der Waals surface area contributed by atoms with E-state index in [1.807, 2.05) is 50.2 Å². The fourth-order valence-electron chi connectivity index (χ4n) is 3.59. The quantitative estimate of drug-likeness (QED) is 0.632. The molecule has 30 heavy (non-hydrogen) atoms. The molecule has 2 N–H and O–H groups in total. The number of carbonyl (C=O) groups excluding carboxylic acids is 2. The summed E-state index contributed by atoms with van der Waals surface area (Å²) >= 11 is 0. The Labute approximate surface area is 175 Å². The predicted octanol–water partition coefficient (Wildman–Crippen LogP) is 3.93. The molecule has 5 nitrogen and oxygen atoms in total. The Balaban J connectivity index is 1.85. The van der Waals surface area contributed by atoms with E-state index >= 15 is 0 Å². The molecule has 0 aliphatic heterocycles. The molecule has 0 spiro atoms. The third kappa shape index (κ3) is 4.33. The molecule has 3 rings (SSSR count). The van der Waals surface area contributed by atoms with Crippen molar-refractivity contribution in [3.8, 4) is 5.69 Å². The van der Waals surface area contributed by atoms with Crippen molar-refractivity contribution in [2.45, 2.75) is 19.9 Å². The number of hydrogen-bond acceptors (Lipinski definition) is 2. The summed E-state index contributed by atoms with van der Waals surface area (Å²) in [6.07, 6.45) is 3.11. The van der Waals surface area contributed by atoms with E-state index in [-0.39, 0.29) is 0 Å². The second-order valence-electron chi connectivity index (χ2n) is 7.14. The second-order valence-corrected chi connectivity index (χ2v) is 7.14. The van der Waals surface area contributed by atoms with Crippen LogP contribution in [0.15, 0.2) is 66.7 Å². The first-order valence-corrected chi connectivity index (χ1v) is 9.53.